The topological polar surface area (TPSA) is 106 Å². The summed E-state index contributed by atoms with van der Waals surface area (Å²) in [5.41, 5.74) is 4.55. The highest BCUT2D eigenvalue weighted by Gasteiger charge is 2.29. The van der Waals surface area contributed by atoms with Crippen LogP contribution in [0.15, 0.2) is 48.5 Å². The Labute approximate surface area is 181 Å². The smallest absolute Gasteiger partial charge is 0.408 e. The molecule has 0 fully saturated rings. The number of benzene rings is 2. The first kappa shape index (κ1) is 22.1. The molecule has 1 aliphatic carbocycles. The minimum Gasteiger partial charge on any atom is -0.467 e. The SMILES string of the molecule is CCC[C@H](NC(=O)NCNC(=O)OCC1c2ccccc2-c2ccccc21)C(=O)OC. The molecule has 0 spiro atoms. The number of rotatable bonds is 8. The van der Waals surface area contributed by atoms with Crippen LogP contribution in [0.25, 0.3) is 11.1 Å². The van der Waals surface area contributed by atoms with Crippen LogP contribution >= 0.6 is 0 Å². The first-order valence-electron chi connectivity index (χ1n) is 10.3. The van der Waals surface area contributed by atoms with Crippen molar-refractivity contribution in [2.24, 2.45) is 0 Å². The number of esters is 1. The van der Waals surface area contributed by atoms with E-state index in [2.05, 4.69) is 32.8 Å². The quantitative estimate of drug-likeness (QED) is 0.445. The molecule has 2 aromatic rings. The second-order valence-electron chi connectivity index (χ2n) is 7.19. The van der Waals surface area contributed by atoms with Crippen molar-refractivity contribution >= 4 is 18.1 Å². The van der Waals surface area contributed by atoms with Gasteiger partial charge in [0.15, 0.2) is 0 Å². The van der Waals surface area contributed by atoms with Crippen LogP contribution in [0.1, 0.15) is 36.8 Å². The van der Waals surface area contributed by atoms with Gasteiger partial charge >= 0.3 is 18.1 Å². The largest absolute Gasteiger partial charge is 0.467 e. The summed E-state index contributed by atoms with van der Waals surface area (Å²) in [6, 6.07) is 14.8. The Hall–Kier alpha value is -3.55. The molecule has 164 valence electrons. The minimum atomic E-state index is -0.732. The lowest BCUT2D eigenvalue weighted by atomic mass is 9.98. The predicted molar refractivity (Wildman–Crippen MR) is 115 cm³/mol. The Balaban J connectivity index is 1.47. The normalized spacial score (nSPS) is 12.8. The van der Waals surface area contributed by atoms with Crippen LogP contribution in [0.3, 0.4) is 0 Å². The number of carbonyl (C=O) groups is 3. The Bertz CT molecular complexity index is 901. The van der Waals surface area contributed by atoms with Gasteiger partial charge in [0.25, 0.3) is 0 Å². The zero-order valence-corrected chi connectivity index (χ0v) is 17.6. The molecular weight excluding hydrogens is 398 g/mol. The average molecular weight is 425 g/mol. The van der Waals surface area contributed by atoms with E-state index < -0.39 is 24.1 Å². The molecule has 0 radical (unpaired) electrons. The molecule has 31 heavy (non-hydrogen) atoms. The van der Waals surface area contributed by atoms with E-state index in [0.717, 1.165) is 22.3 Å². The zero-order valence-electron chi connectivity index (χ0n) is 17.6. The summed E-state index contributed by atoms with van der Waals surface area (Å²) in [6.45, 7) is 1.95. The van der Waals surface area contributed by atoms with Crippen LogP contribution in [0.5, 0.6) is 0 Å². The number of hydrogen-bond donors (Lipinski definition) is 3. The van der Waals surface area contributed by atoms with Crippen LogP contribution in [0.4, 0.5) is 9.59 Å². The number of ether oxygens (including phenoxy) is 2. The minimum absolute atomic E-state index is 0.0377. The molecule has 3 N–H and O–H groups in total. The fraction of sp³-hybridized carbons (Fsp3) is 0.348. The number of alkyl carbamates (subject to hydrolysis) is 1. The maximum absolute atomic E-state index is 12.1. The van der Waals surface area contributed by atoms with Crippen molar-refractivity contribution < 1.29 is 23.9 Å². The summed E-state index contributed by atoms with van der Waals surface area (Å²) in [6.07, 6.45) is 0.526. The molecule has 0 unspecified atom stereocenters. The molecule has 3 rings (SSSR count). The Morgan fingerprint density at radius 3 is 2.16 bits per heavy atom. The van der Waals surface area contributed by atoms with Gasteiger partial charge in [-0.15, -0.1) is 0 Å². The number of nitrogens with one attached hydrogen (secondary N) is 3. The molecule has 8 nitrogen and oxygen atoms in total. The summed E-state index contributed by atoms with van der Waals surface area (Å²) >= 11 is 0. The predicted octanol–water partition coefficient (Wildman–Crippen LogP) is 3.12. The van der Waals surface area contributed by atoms with Crippen molar-refractivity contribution in [3.8, 4) is 11.1 Å². The first-order chi connectivity index (χ1) is 15.0. The molecule has 0 aromatic heterocycles. The van der Waals surface area contributed by atoms with E-state index in [9.17, 15) is 14.4 Å². The number of hydrogen-bond acceptors (Lipinski definition) is 5. The van der Waals surface area contributed by atoms with Crippen LogP contribution in [0.2, 0.25) is 0 Å². The maximum atomic E-state index is 12.1. The van der Waals surface area contributed by atoms with Gasteiger partial charge < -0.3 is 25.4 Å². The van der Waals surface area contributed by atoms with E-state index in [1.165, 1.54) is 7.11 Å². The van der Waals surface area contributed by atoms with Gasteiger partial charge in [0, 0.05) is 5.92 Å². The van der Waals surface area contributed by atoms with Gasteiger partial charge in [-0.1, -0.05) is 61.9 Å². The molecule has 0 saturated heterocycles. The highest BCUT2D eigenvalue weighted by molar-refractivity contribution is 5.83. The maximum Gasteiger partial charge on any atom is 0.408 e. The average Bonchev–Trinajstić information content (AvgIpc) is 3.10. The summed E-state index contributed by atoms with van der Waals surface area (Å²) in [5.74, 6) is -0.550. The van der Waals surface area contributed by atoms with Gasteiger partial charge in [-0.3, -0.25) is 0 Å². The van der Waals surface area contributed by atoms with Crippen LogP contribution in [-0.4, -0.2) is 44.5 Å². The number of methoxy groups -OCH3 is 1. The van der Waals surface area contributed by atoms with Crippen molar-refractivity contribution in [3.63, 3.8) is 0 Å². The van der Waals surface area contributed by atoms with Crippen molar-refractivity contribution in [1.29, 1.82) is 0 Å². The lowest BCUT2D eigenvalue weighted by molar-refractivity contribution is -0.143. The number of fused-ring (bicyclic) bond motifs is 3. The van der Waals surface area contributed by atoms with Gasteiger partial charge in [-0.05, 0) is 28.7 Å². The van der Waals surface area contributed by atoms with E-state index in [0.29, 0.717) is 12.8 Å². The van der Waals surface area contributed by atoms with Crippen molar-refractivity contribution in [2.75, 3.05) is 20.4 Å². The Morgan fingerprint density at radius 2 is 1.58 bits per heavy atom. The van der Waals surface area contributed by atoms with Crippen LogP contribution in [-0.2, 0) is 14.3 Å². The summed E-state index contributed by atoms with van der Waals surface area (Å²) in [4.78, 5) is 35.7. The molecule has 0 bridgehead atoms. The molecule has 8 heteroatoms. The van der Waals surface area contributed by atoms with E-state index in [-0.39, 0.29) is 19.2 Å². The first-order valence-corrected chi connectivity index (χ1v) is 10.3. The van der Waals surface area contributed by atoms with E-state index in [4.69, 9.17) is 4.74 Å². The van der Waals surface area contributed by atoms with E-state index in [1.54, 1.807) is 0 Å². The highest BCUT2D eigenvalue weighted by atomic mass is 16.5. The van der Waals surface area contributed by atoms with Crippen molar-refractivity contribution in [3.05, 3.63) is 59.7 Å². The number of amides is 3. The van der Waals surface area contributed by atoms with Crippen molar-refractivity contribution in [2.45, 2.75) is 31.7 Å². The molecule has 0 heterocycles. The molecule has 1 atom stereocenters. The van der Waals surface area contributed by atoms with Gasteiger partial charge in [0.1, 0.15) is 12.6 Å². The van der Waals surface area contributed by atoms with Crippen LogP contribution in [0, 0.1) is 0 Å². The summed E-state index contributed by atoms with van der Waals surface area (Å²) < 4.78 is 10.1. The van der Waals surface area contributed by atoms with Crippen LogP contribution < -0.4 is 16.0 Å². The molecule has 1 aliphatic rings. The molecule has 0 aliphatic heterocycles. The lowest BCUT2D eigenvalue weighted by Crippen LogP contribution is -2.49. The van der Waals surface area contributed by atoms with E-state index >= 15 is 0 Å². The standard InChI is InChI=1S/C23H27N3O5/c1-3-8-20(21(27)30-2)26-22(28)24-14-25-23(29)31-13-19-17-11-6-4-9-15(17)16-10-5-7-12-18(16)19/h4-7,9-12,19-20H,3,8,13-14H2,1-2H3,(H,25,29)(H2,24,26,28)/t20-/m0/s1. The van der Waals surface area contributed by atoms with Gasteiger partial charge in [0.05, 0.1) is 13.8 Å². The van der Waals surface area contributed by atoms with E-state index in [1.807, 2.05) is 43.3 Å². The Morgan fingerprint density at radius 1 is 0.968 bits per heavy atom. The van der Waals surface area contributed by atoms with Gasteiger partial charge in [-0.2, -0.15) is 0 Å². The second-order valence-corrected chi connectivity index (χ2v) is 7.19. The number of carbonyl (C=O) groups excluding carboxylic acids is 3. The highest BCUT2D eigenvalue weighted by Crippen LogP contribution is 2.44. The monoisotopic (exact) mass is 425 g/mol. The zero-order chi connectivity index (χ0) is 22.2. The fourth-order valence-corrected chi connectivity index (χ4v) is 3.74. The molecule has 0 saturated carbocycles. The Kier molecular flexibility index (Phi) is 7.48. The third-order valence-corrected chi connectivity index (χ3v) is 5.19. The third kappa shape index (κ3) is 5.33. The lowest BCUT2D eigenvalue weighted by Gasteiger charge is -2.17. The van der Waals surface area contributed by atoms with Crippen molar-refractivity contribution in [1.82, 2.24) is 16.0 Å². The van der Waals surface area contributed by atoms with Gasteiger partial charge in [-0.25, -0.2) is 14.4 Å². The second kappa shape index (κ2) is 10.5. The molecule has 2 aromatic carbocycles. The van der Waals surface area contributed by atoms with Gasteiger partial charge in [0.2, 0.25) is 0 Å². The number of urea groups is 1. The summed E-state index contributed by atoms with van der Waals surface area (Å²) in [5, 5.41) is 7.48. The molecular formula is C23H27N3O5. The third-order valence-electron chi connectivity index (χ3n) is 5.19. The summed E-state index contributed by atoms with van der Waals surface area (Å²) in [7, 11) is 1.27. The molecule has 3 amide bonds. The fourth-order valence-electron chi connectivity index (χ4n) is 3.74.